The zero-order valence-electron chi connectivity index (χ0n) is 12.8. The van der Waals surface area contributed by atoms with Crippen LogP contribution < -0.4 is 4.90 Å². The Kier molecular flexibility index (Phi) is 5.70. The second-order valence-corrected chi connectivity index (χ2v) is 6.61. The van der Waals surface area contributed by atoms with Gasteiger partial charge in [-0.15, -0.1) is 0 Å². The molecule has 0 atom stereocenters. The van der Waals surface area contributed by atoms with Gasteiger partial charge in [-0.2, -0.15) is 0 Å². The average molecular weight is 343 g/mol. The van der Waals surface area contributed by atoms with Crippen molar-refractivity contribution in [1.82, 2.24) is 4.90 Å². The highest BCUT2D eigenvalue weighted by Gasteiger charge is 2.24. The number of hydrogen-bond acceptors (Lipinski definition) is 2. The van der Waals surface area contributed by atoms with Gasteiger partial charge in [-0.1, -0.05) is 30.1 Å². The van der Waals surface area contributed by atoms with Gasteiger partial charge < -0.3 is 9.80 Å². The van der Waals surface area contributed by atoms with Crippen LogP contribution in [0.25, 0.3) is 0 Å². The second kappa shape index (κ2) is 7.34. The first kappa shape index (κ1) is 17.1. The summed E-state index contributed by atoms with van der Waals surface area (Å²) < 4.78 is 0. The molecule has 1 aliphatic heterocycles. The lowest BCUT2D eigenvalue weighted by Crippen LogP contribution is -2.45. The summed E-state index contributed by atoms with van der Waals surface area (Å²) in [4.78, 5) is 27.6. The molecular formula is C16H20Cl2N2O2. The fourth-order valence-electron chi connectivity index (χ4n) is 2.55. The van der Waals surface area contributed by atoms with Gasteiger partial charge in [0, 0.05) is 25.0 Å². The quantitative estimate of drug-likeness (QED) is 0.841. The second-order valence-electron chi connectivity index (χ2n) is 5.76. The molecule has 6 heteroatoms. The average Bonchev–Trinajstić information content (AvgIpc) is 2.47. The first-order valence-corrected chi connectivity index (χ1v) is 8.15. The van der Waals surface area contributed by atoms with E-state index in [0.717, 1.165) is 25.9 Å². The number of nitrogens with zero attached hydrogens (tertiary/aromatic N) is 2. The van der Waals surface area contributed by atoms with Crippen LogP contribution >= 0.6 is 23.2 Å². The molecule has 4 nitrogen and oxygen atoms in total. The third-order valence-electron chi connectivity index (χ3n) is 4.01. The molecule has 1 saturated heterocycles. The highest BCUT2D eigenvalue weighted by molar-refractivity contribution is 6.35. The van der Waals surface area contributed by atoms with Crippen LogP contribution in [0.1, 0.15) is 26.7 Å². The molecule has 0 unspecified atom stereocenters. The SMILES string of the molecule is CC(=O)N(CC(=O)N1CCC(C)CC1)c1cc(Cl)ccc1Cl. The first-order chi connectivity index (χ1) is 10.4. The number of piperidine rings is 1. The Morgan fingerprint density at radius 3 is 2.50 bits per heavy atom. The lowest BCUT2D eigenvalue weighted by Gasteiger charge is -2.32. The predicted molar refractivity (Wildman–Crippen MR) is 89.5 cm³/mol. The van der Waals surface area contributed by atoms with Gasteiger partial charge in [-0.25, -0.2) is 0 Å². The lowest BCUT2D eigenvalue weighted by atomic mass is 9.99. The van der Waals surface area contributed by atoms with Crippen LogP contribution in [0, 0.1) is 5.92 Å². The van der Waals surface area contributed by atoms with Crippen LogP contribution in [0.3, 0.4) is 0 Å². The summed E-state index contributed by atoms with van der Waals surface area (Å²) in [7, 11) is 0. The predicted octanol–water partition coefficient (Wildman–Crippen LogP) is 3.60. The van der Waals surface area contributed by atoms with Crippen molar-refractivity contribution in [1.29, 1.82) is 0 Å². The Hall–Kier alpha value is -1.26. The van der Waals surface area contributed by atoms with Crippen molar-refractivity contribution in [2.45, 2.75) is 26.7 Å². The van der Waals surface area contributed by atoms with Crippen molar-refractivity contribution in [2.24, 2.45) is 5.92 Å². The molecule has 0 radical (unpaired) electrons. The third kappa shape index (κ3) is 4.14. The normalized spacial score (nSPS) is 15.7. The Bertz CT molecular complexity index is 569. The molecule has 2 rings (SSSR count). The van der Waals surface area contributed by atoms with Gasteiger partial charge in [0.1, 0.15) is 6.54 Å². The molecule has 1 heterocycles. The maximum atomic E-state index is 12.4. The Balaban J connectivity index is 2.14. The molecule has 0 aliphatic carbocycles. The Morgan fingerprint density at radius 1 is 1.27 bits per heavy atom. The number of carbonyl (C=O) groups excluding carboxylic acids is 2. The number of halogens is 2. The van der Waals surface area contributed by atoms with E-state index in [-0.39, 0.29) is 18.4 Å². The summed E-state index contributed by atoms with van der Waals surface area (Å²) in [6.45, 7) is 5.09. The minimum atomic E-state index is -0.233. The van der Waals surface area contributed by atoms with Gasteiger partial charge in [-0.05, 0) is 37.0 Å². The van der Waals surface area contributed by atoms with Crippen LogP contribution in [0.15, 0.2) is 18.2 Å². The zero-order valence-corrected chi connectivity index (χ0v) is 14.3. The van der Waals surface area contributed by atoms with Crippen LogP contribution in [-0.4, -0.2) is 36.3 Å². The van der Waals surface area contributed by atoms with Crippen LogP contribution in [0.4, 0.5) is 5.69 Å². The smallest absolute Gasteiger partial charge is 0.242 e. The molecule has 0 aromatic heterocycles. The van der Waals surface area contributed by atoms with E-state index in [2.05, 4.69) is 6.92 Å². The molecule has 0 N–H and O–H groups in total. The molecule has 1 aromatic rings. The molecule has 1 aromatic carbocycles. The summed E-state index contributed by atoms with van der Waals surface area (Å²) in [5.74, 6) is 0.358. The molecule has 0 saturated carbocycles. The molecule has 0 spiro atoms. The number of amides is 2. The molecule has 0 bridgehead atoms. The number of anilines is 1. The number of likely N-dealkylation sites (tertiary alicyclic amines) is 1. The van der Waals surface area contributed by atoms with Crippen molar-refractivity contribution >= 4 is 40.7 Å². The van der Waals surface area contributed by atoms with E-state index >= 15 is 0 Å². The lowest BCUT2D eigenvalue weighted by molar-refractivity contribution is -0.132. The van der Waals surface area contributed by atoms with Gasteiger partial charge in [-0.3, -0.25) is 9.59 Å². The van der Waals surface area contributed by atoms with E-state index in [4.69, 9.17) is 23.2 Å². The monoisotopic (exact) mass is 342 g/mol. The van der Waals surface area contributed by atoms with E-state index in [1.165, 1.54) is 11.8 Å². The van der Waals surface area contributed by atoms with Gasteiger partial charge >= 0.3 is 0 Å². The Labute approximate surface area is 141 Å². The fourth-order valence-corrected chi connectivity index (χ4v) is 2.94. The summed E-state index contributed by atoms with van der Waals surface area (Å²) in [5.41, 5.74) is 0.473. The van der Waals surface area contributed by atoms with Crippen LogP contribution in [0.5, 0.6) is 0 Å². The molecule has 2 amide bonds. The van der Waals surface area contributed by atoms with Crippen molar-refractivity contribution < 1.29 is 9.59 Å². The summed E-state index contributed by atoms with van der Waals surface area (Å²) >= 11 is 12.1. The minimum absolute atomic E-state index is 0.0101. The summed E-state index contributed by atoms with van der Waals surface area (Å²) in [6, 6.07) is 4.89. The van der Waals surface area contributed by atoms with Crippen molar-refractivity contribution in [3.05, 3.63) is 28.2 Å². The van der Waals surface area contributed by atoms with Gasteiger partial charge in [0.25, 0.3) is 0 Å². The summed E-state index contributed by atoms with van der Waals surface area (Å²) in [6.07, 6.45) is 2.01. The van der Waals surface area contributed by atoms with Gasteiger partial charge in [0.2, 0.25) is 11.8 Å². The van der Waals surface area contributed by atoms with E-state index < -0.39 is 0 Å². The van der Waals surface area contributed by atoms with E-state index in [9.17, 15) is 9.59 Å². The number of hydrogen-bond donors (Lipinski definition) is 0. The molecule has 1 fully saturated rings. The number of benzene rings is 1. The minimum Gasteiger partial charge on any atom is -0.341 e. The molecule has 120 valence electrons. The van der Waals surface area contributed by atoms with Crippen molar-refractivity contribution in [3.8, 4) is 0 Å². The topological polar surface area (TPSA) is 40.6 Å². The van der Waals surface area contributed by atoms with E-state index in [1.54, 1.807) is 18.2 Å². The van der Waals surface area contributed by atoms with E-state index in [1.807, 2.05) is 4.90 Å². The number of rotatable bonds is 3. The zero-order chi connectivity index (χ0) is 16.3. The maximum absolute atomic E-state index is 12.4. The standard InChI is InChI=1S/C16H20Cl2N2O2/c1-11-5-7-19(8-6-11)16(22)10-20(12(2)21)15-9-13(17)3-4-14(15)18/h3-4,9,11H,5-8,10H2,1-2H3. The molecule has 22 heavy (non-hydrogen) atoms. The van der Waals surface area contributed by atoms with Gasteiger partial charge in [0.15, 0.2) is 0 Å². The van der Waals surface area contributed by atoms with Crippen LogP contribution in [0.2, 0.25) is 10.0 Å². The Morgan fingerprint density at radius 2 is 1.91 bits per heavy atom. The number of carbonyl (C=O) groups is 2. The van der Waals surface area contributed by atoms with Crippen LogP contribution in [-0.2, 0) is 9.59 Å². The largest absolute Gasteiger partial charge is 0.341 e. The summed E-state index contributed by atoms with van der Waals surface area (Å²) in [5, 5.41) is 0.879. The third-order valence-corrected chi connectivity index (χ3v) is 4.56. The van der Waals surface area contributed by atoms with Gasteiger partial charge in [0.05, 0.1) is 10.7 Å². The molecular weight excluding hydrogens is 323 g/mol. The van der Waals surface area contributed by atoms with E-state index in [0.29, 0.717) is 21.7 Å². The fraction of sp³-hybridized carbons (Fsp3) is 0.500. The van der Waals surface area contributed by atoms with Crippen molar-refractivity contribution in [2.75, 3.05) is 24.5 Å². The van der Waals surface area contributed by atoms with Crippen molar-refractivity contribution in [3.63, 3.8) is 0 Å². The first-order valence-electron chi connectivity index (χ1n) is 7.39. The highest BCUT2D eigenvalue weighted by atomic mass is 35.5. The maximum Gasteiger partial charge on any atom is 0.242 e. The molecule has 1 aliphatic rings. The highest BCUT2D eigenvalue weighted by Crippen LogP contribution is 2.29.